The third-order valence-electron chi connectivity index (χ3n) is 4.05. The van der Waals surface area contributed by atoms with Gasteiger partial charge in [0.25, 0.3) is 0 Å². The van der Waals surface area contributed by atoms with E-state index in [4.69, 9.17) is 4.74 Å². The van der Waals surface area contributed by atoms with Crippen LogP contribution >= 0.6 is 0 Å². The first-order valence-corrected chi connectivity index (χ1v) is 7.30. The van der Waals surface area contributed by atoms with Gasteiger partial charge in [-0.05, 0) is 58.3 Å². The van der Waals surface area contributed by atoms with E-state index in [1.54, 1.807) is 0 Å². The Morgan fingerprint density at radius 1 is 1.16 bits per heavy atom. The monoisotopic (exact) mass is 267 g/mol. The Kier molecular flexibility index (Phi) is 4.16. The SMILES string of the molecule is CC(C)(C)OC(=O)N1C[C@H]2CC[C@@H](C=O)C[C@@H](C2)C1. The Labute approximate surface area is 115 Å². The van der Waals surface area contributed by atoms with Crippen LogP contribution in [0.5, 0.6) is 0 Å². The molecule has 0 aromatic heterocycles. The molecule has 0 aromatic carbocycles. The molecule has 108 valence electrons. The number of piperidine rings is 1. The second-order valence-corrected chi connectivity index (χ2v) is 7.06. The number of nitrogens with zero attached hydrogens (tertiary/aromatic N) is 1. The minimum absolute atomic E-state index is 0.189. The zero-order chi connectivity index (χ0) is 14.0. The zero-order valence-corrected chi connectivity index (χ0v) is 12.2. The highest BCUT2D eigenvalue weighted by Crippen LogP contribution is 2.35. The van der Waals surface area contributed by atoms with Crippen molar-refractivity contribution in [2.24, 2.45) is 17.8 Å². The van der Waals surface area contributed by atoms with Gasteiger partial charge in [0.2, 0.25) is 0 Å². The van der Waals surface area contributed by atoms with Gasteiger partial charge >= 0.3 is 6.09 Å². The molecular formula is C15H25NO3. The third kappa shape index (κ3) is 3.95. The highest BCUT2D eigenvalue weighted by Gasteiger charge is 2.35. The molecule has 0 N–H and O–H groups in total. The standard InChI is InChI=1S/C15H25NO3/c1-15(2,3)19-14(18)16-8-11-4-5-12(10-17)7-13(6-11)9-16/h10-13H,4-9H2,1-3H3/t11-,12+,13+/m0/s1. The van der Waals surface area contributed by atoms with E-state index >= 15 is 0 Å². The normalized spacial score (nSPS) is 31.5. The van der Waals surface area contributed by atoms with E-state index in [9.17, 15) is 9.59 Å². The number of hydrogen-bond donors (Lipinski definition) is 0. The van der Waals surface area contributed by atoms with Crippen LogP contribution in [0.15, 0.2) is 0 Å². The Hall–Kier alpha value is -1.06. The van der Waals surface area contributed by atoms with Crippen molar-refractivity contribution in [3.63, 3.8) is 0 Å². The van der Waals surface area contributed by atoms with Gasteiger partial charge in [0.05, 0.1) is 0 Å². The average molecular weight is 267 g/mol. The van der Waals surface area contributed by atoms with Crippen molar-refractivity contribution in [1.82, 2.24) is 4.90 Å². The smallest absolute Gasteiger partial charge is 0.410 e. The second kappa shape index (κ2) is 5.51. The van der Waals surface area contributed by atoms with Gasteiger partial charge in [-0.3, -0.25) is 0 Å². The molecule has 1 aliphatic carbocycles. The van der Waals surface area contributed by atoms with Crippen molar-refractivity contribution >= 4 is 12.4 Å². The number of carbonyl (C=O) groups excluding carboxylic acids is 2. The van der Waals surface area contributed by atoms with Crippen LogP contribution in [0.25, 0.3) is 0 Å². The molecule has 0 unspecified atom stereocenters. The quantitative estimate of drug-likeness (QED) is 0.686. The van der Waals surface area contributed by atoms with Crippen molar-refractivity contribution < 1.29 is 14.3 Å². The van der Waals surface area contributed by atoms with Gasteiger partial charge in [-0.1, -0.05) is 0 Å². The molecule has 19 heavy (non-hydrogen) atoms. The van der Waals surface area contributed by atoms with Crippen molar-refractivity contribution in [2.75, 3.05) is 13.1 Å². The predicted molar refractivity (Wildman–Crippen MR) is 72.8 cm³/mol. The van der Waals surface area contributed by atoms with Crippen molar-refractivity contribution in [3.8, 4) is 0 Å². The van der Waals surface area contributed by atoms with Crippen LogP contribution in [0.3, 0.4) is 0 Å². The molecule has 1 aliphatic heterocycles. The molecule has 3 atom stereocenters. The van der Waals surface area contributed by atoms with Crippen LogP contribution in [0.4, 0.5) is 4.79 Å². The zero-order valence-electron chi connectivity index (χ0n) is 12.2. The molecule has 4 nitrogen and oxygen atoms in total. The maximum absolute atomic E-state index is 12.1. The number of hydrogen-bond acceptors (Lipinski definition) is 3. The molecule has 0 radical (unpaired) electrons. The summed E-state index contributed by atoms with van der Waals surface area (Å²) >= 11 is 0. The number of rotatable bonds is 1. The van der Waals surface area contributed by atoms with Gasteiger partial charge in [0.1, 0.15) is 11.9 Å². The van der Waals surface area contributed by atoms with Gasteiger partial charge in [-0.15, -0.1) is 0 Å². The minimum Gasteiger partial charge on any atom is -0.444 e. The molecule has 2 fully saturated rings. The number of amides is 1. The third-order valence-corrected chi connectivity index (χ3v) is 4.05. The van der Waals surface area contributed by atoms with E-state index in [1.807, 2.05) is 25.7 Å². The first-order chi connectivity index (χ1) is 8.87. The summed E-state index contributed by atoms with van der Waals surface area (Å²) < 4.78 is 5.45. The summed E-state index contributed by atoms with van der Waals surface area (Å²) in [5.74, 6) is 1.19. The highest BCUT2D eigenvalue weighted by atomic mass is 16.6. The summed E-state index contributed by atoms with van der Waals surface area (Å²) in [6, 6.07) is 0. The highest BCUT2D eigenvalue weighted by molar-refractivity contribution is 5.68. The molecule has 2 aliphatic rings. The Balaban J connectivity index is 1.99. The summed E-state index contributed by atoms with van der Waals surface area (Å²) in [5, 5.41) is 0. The maximum Gasteiger partial charge on any atom is 0.410 e. The van der Waals surface area contributed by atoms with Crippen molar-refractivity contribution in [3.05, 3.63) is 0 Å². The lowest BCUT2D eigenvalue weighted by Crippen LogP contribution is -2.45. The molecule has 0 spiro atoms. The topological polar surface area (TPSA) is 46.6 Å². The first kappa shape index (κ1) is 14.4. The molecule has 0 aromatic rings. The lowest BCUT2D eigenvalue weighted by molar-refractivity contribution is -0.111. The van der Waals surface area contributed by atoms with E-state index in [1.165, 1.54) is 0 Å². The van der Waals surface area contributed by atoms with E-state index in [-0.39, 0.29) is 12.0 Å². The van der Waals surface area contributed by atoms with E-state index in [0.29, 0.717) is 11.8 Å². The van der Waals surface area contributed by atoms with E-state index in [0.717, 1.165) is 45.1 Å². The predicted octanol–water partition coefficient (Wildman–Crippen LogP) is 2.86. The molecule has 1 saturated heterocycles. The summed E-state index contributed by atoms with van der Waals surface area (Å²) in [4.78, 5) is 25.0. The van der Waals surface area contributed by atoms with Crippen molar-refractivity contribution in [2.45, 2.75) is 52.1 Å². The number of aldehydes is 1. The van der Waals surface area contributed by atoms with Crippen LogP contribution in [-0.4, -0.2) is 36.0 Å². The van der Waals surface area contributed by atoms with Crippen LogP contribution in [-0.2, 0) is 9.53 Å². The average Bonchev–Trinajstić information content (AvgIpc) is 2.45. The minimum atomic E-state index is -0.439. The van der Waals surface area contributed by atoms with Gasteiger partial charge in [-0.25, -0.2) is 4.79 Å². The largest absolute Gasteiger partial charge is 0.444 e. The van der Waals surface area contributed by atoms with Crippen LogP contribution in [0.1, 0.15) is 46.5 Å². The molecular weight excluding hydrogens is 242 g/mol. The van der Waals surface area contributed by atoms with Crippen LogP contribution in [0, 0.1) is 17.8 Å². The first-order valence-electron chi connectivity index (χ1n) is 7.30. The van der Waals surface area contributed by atoms with Gasteiger partial charge in [0.15, 0.2) is 0 Å². The summed E-state index contributed by atoms with van der Waals surface area (Å²) in [7, 11) is 0. The summed E-state index contributed by atoms with van der Waals surface area (Å²) in [6.07, 6.45) is 5.01. The fourth-order valence-electron chi connectivity index (χ4n) is 3.29. The molecule has 2 rings (SSSR count). The lowest BCUT2D eigenvalue weighted by Gasteiger charge is -2.37. The number of ether oxygens (including phenoxy) is 1. The fraction of sp³-hybridized carbons (Fsp3) is 0.867. The summed E-state index contributed by atoms with van der Waals surface area (Å²) in [6.45, 7) is 7.21. The Morgan fingerprint density at radius 3 is 2.47 bits per heavy atom. The molecule has 1 heterocycles. The number of likely N-dealkylation sites (tertiary alicyclic amines) is 1. The molecule has 1 saturated carbocycles. The number of carbonyl (C=O) groups is 2. The van der Waals surface area contributed by atoms with E-state index in [2.05, 4.69) is 0 Å². The van der Waals surface area contributed by atoms with Gasteiger partial charge < -0.3 is 14.4 Å². The molecule has 1 amide bonds. The molecule has 4 heteroatoms. The Bertz CT molecular complexity index is 348. The van der Waals surface area contributed by atoms with Gasteiger partial charge in [0, 0.05) is 19.0 Å². The molecule has 2 bridgehead atoms. The maximum atomic E-state index is 12.1. The van der Waals surface area contributed by atoms with E-state index < -0.39 is 5.60 Å². The van der Waals surface area contributed by atoms with Gasteiger partial charge in [-0.2, -0.15) is 0 Å². The Morgan fingerprint density at radius 2 is 1.84 bits per heavy atom. The second-order valence-electron chi connectivity index (χ2n) is 7.06. The fourth-order valence-corrected chi connectivity index (χ4v) is 3.29. The van der Waals surface area contributed by atoms with Crippen LogP contribution < -0.4 is 0 Å². The van der Waals surface area contributed by atoms with Crippen LogP contribution in [0.2, 0.25) is 0 Å². The summed E-state index contributed by atoms with van der Waals surface area (Å²) in [5.41, 5.74) is -0.439. The van der Waals surface area contributed by atoms with Crippen molar-refractivity contribution in [1.29, 1.82) is 0 Å². The number of fused-ring (bicyclic) bond motifs is 2. The lowest BCUT2D eigenvalue weighted by atomic mass is 9.88.